The Morgan fingerprint density at radius 1 is 1.11 bits per heavy atom. The Hall–Kier alpha value is -3.48. The first-order valence-corrected chi connectivity index (χ1v) is 9.06. The molecule has 0 aliphatic rings. The van der Waals surface area contributed by atoms with Crippen molar-refractivity contribution in [1.82, 2.24) is 14.5 Å². The summed E-state index contributed by atoms with van der Waals surface area (Å²) in [6, 6.07) is 14.7. The number of hydrogen-bond donors (Lipinski definition) is 1. The Labute approximate surface area is 162 Å². The van der Waals surface area contributed by atoms with Crippen LogP contribution in [0.1, 0.15) is 12.5 Å². The van der Waals surface area contributed by atoms with E-state index in [0.29, 0.717) is 11.0 Å². The van der Waals surface area contributed by atoms with Crippen LogP contribution < -0.4 is 10.9 Å². The molecule has 0 atom stereocenters. The number of nitrogens with one attached hydrogen (secondary N) is 1. The van der Waals surface area contributed by atoms with Crippen molar-refractivity contribution in [3.63, 3.8) is 0 Å². The van der Waals surface area contributed by atoms with Crippen molar-refractivity contribution in [3.8, 4) is 0 Å². The van der Waals surface area contributed by atoms with Crippen molar-refractivity contribution in [2.75, 3.05) is 18.9 Å². The van der Waals surface area contributed by atoms with E-state index in [0.717, 1.165) is 17.7 Å². The number of carbonyl (C=O) groups is 2. The van der Waals surface area contributed by atoms with Gasteiger partial charge in [0.25, 0.3) is 5.56 Å². The highest BCUT2D eigenvalue weighted by molar-refractivity contribution is 5.95. The third kappa shape index (κ3) is 4.25. The zero-order valence-corrected chi connectivity index (χ0v) is 15.9. The van der Waals surface area contributed by atoms with E-state index >= 15 is 0 Å². The van der Waals surface area contributed by atoms with E-state index in [4.69, 9.17) is 0 Å². The van der Waals surface area contributed by atoms with Crippen molar-refractivity contribution in [1.29, 1.82) is 0 Å². The molecule has 0 saturated carbocycles. The Balaban J connectivity index is 1.69. The van der Waals surface area contributed by atoms with Crippen LogP contribution in [0.3, 0.4) is 0 Å². The molecule has 7 nitrogen and oxygen atoms in total. The molecule has 144 valence electrons. The van der Waals surface area contributed by atoms with Gasteiger partial charge in [0.15, 0.2) is 0 Å². The van der Waals surface area contributed by atoms with Crippen LogP contribution in [0.4, 0.5) is 5.69 Å². The lowest BCUT2D eigenvalue weighted by Gasteiger charge is -2.18. The van der Waals surface area contributed by atoms with Gasteiger partial charge in [-0.3, -0.25) is 19.0 Å². The third-order valence-electron chi connectivity index (χ3n) is 4.52. The van der Waals surface area contributed by atoms with Gasteiger partial charge in [-0.1, -0.05) is 37.3 Å². The minimum Gasteiger partial charge on any atom is -0.335 e. The molecule has 3 aromatic rings. The average molecular weight is 378 g/mol. The third-order valence-corrected chi connectivity index (χ3v) is 4.52. The van der Waals surface area contributed by atoms with Gasteiger partial charge in [0.2, 0.25) is 11.8 Å². The highest BCUT2D eigenvalue weighted by Gasteiger charge is 2.16. The van der Waals surface area contributed by atoms with Crippen molar-refractivity contribution >= 4 is 28.5 Å². The topological polar surface area (TPSA) is 84.3 Å². The zero-order chi connectivity index (χ0) is 20.1. The molecule has 0 spiro atoms. The first kappa shape index (κ1) is 19.3. The predicted molar refractivity (Wildman–Crippen MR) is 108 cm³/mol. The number of para-hydroxylation sites is 3. The fraction of sp³-hybridized carbons (Fsp3) is 0.238. The van der Waals surface area contributed by atoms with Gasteiger partial charge in [-0.25, -0.2) is 4.98 Å². The maximum atomic E-state index is 12.6. The molecule has 0 saturated heterocycles. The van der Waals surface area contributed by atoms with E-state index < -0.39 is 0 Å². The second kappa shape index (κ2) is 8.47. The monoisotopic (exact) mass is 378 g/mol. The summed E-state index contributed by atoms with van der Waals surface area (Å²) in [7, 11) is 1.54. The van der Waals surface area contributed by atoms with Gasteiger partial charge in [-0.2, -0.15) is 0 Å². The van der Waals surface area contributed by atoms with E-state index in [2.05, 4.69) is 10.3 Å². The van der Waals surface area contributed by atoms with Crippen LogP contribution >= 0.6 is 0 Å². The first-order chi connectivity index (χ1) is 13.5. The summed E-state index contributed by atoms with van der Waals surface area (Å²) in [4.78, 5) is 42.5. The Bertz CT molecular complexity index is 1070. The summed E-state index contributed by atoms with van der Waals surface area (Å²) in [6.07, 6.45) is 1.99. The highest BCUT2D eigenvalue weighted by Crippen LogP contribution is 2.15. The van der Waals surface area contributed by atoms with Gasteiger partial charge < -0.3 is 10.2 Å². The maximum Gasteiger partial charge on any atom is 0.269 e. The molecular formula is C21H22N4O3. The number of aryl methyl sites for hydroxylation is 1. The Kier molecular flexibility index (Phi) is 5.84. The summed E-state index contributed by atoms with van der Waals surface area (Å²) >= 11 is 0. The lowest BCUT2D eigenvalue weighted by atomic mass is 10.1. The van der Waals surface area contributed by atoms with E-state index in [1.54, 1.807) is 25.2 Å². The smallest absolute Gasteiger partial charge is 0.269 e. The lowest BCUT2D eigenvalue weighted by Crippen LogP contribution is -2.38. The van der Waals surface area contributed by atoms with Gasteiger partial charge >= 0.3 is 0 Å². The molecular weight excluding hydrogens is 356 g/mol. The number of benzene rings is 2. The molecule has 1 aromatic heterocycles. The number of nitrogens with zero attached hydrogens (tertiary/aromatic N) is 3. The Morgan fingerprint density at radius 2 is 1.82 bits per heavy atom. The number of rotatable bonds is 6. The molecule has 1 heterocycles. The normalized spacial score (nSPS) is 10.6. The molecule has 0 radical (unpaired) electrons. The molecule has 7 heteroatoms. The molecule has 0 aliphatic carbocycles. The maximum absolute atomic E-state index is 12.6. The number of likely N-dealkylation sites (N-methyl/N-ethyl adjacent to an activating group) is 1. The lowest BCUT2D eigenvalue weighted by molar-refractivity contribution is -0.133. The minimum absolute atomic E-state index is 0.103. The molecule has 0 fully saturated rings. The summed E-state index contributed by atoms with van der Waals surface area (Å²) in [5.41, 5.74) is 2.62. The largest absolute Gasteiger partial charge is 0.335 e. The fourth-order valence-corrected chi connectivity index (χ4v) is 2.98. The SMILES string of the molecule is CCc1ccccc1NC(=O)CN(C)C(=O)Cn1c(=O)cnc2ccccc21. The van der Waals surface area contributed by atoms with E-state index in [-0.39, 0.29) is 30.5 Å². The number of carbonyl (C=O) groups excluding carboxylic acids is 2. The minimum atomic E-state index is -0.359. The molecule has 0 aliphatic heterocycles. The van der Waals surface area contributed by atoms with Gasteiger partial charge in [-0.05, 0) is 30.2 Å². The van der Waals surface area contributed by atoms with Gasteiger partial charge in [0, 0.05) is 12.7 Å². The van der Waals surface area contributed by atoms with E-state index in [1.165, 1.54) is 15.7 Å². The molecule has 0 unspecified atom stereocenters. The van der Waals surface area contributed by atoms with Crippen LogP contribution in [-0.4, -0.2) is 39.9 Å². The van der Waals surface area contributed by atoms with Crippen LogP contribution in [0.2, 0.25) is 0 Å². The second-order valence-electron chi connectivity index (χ2n) is 6.48. The fourth-order valence-electron chi connectivity index (χ4n) is 2.98. The van der Waals surface area contributed by atoms with E-state index in [9.17, 15) is 14.4 Å². The Morgan fingerprint density at radius 3 is 2.61 bits per heavy atom. The molecule has 2 amide bonds. The molecule has 1 N–H and O–H groups in total. The summed E-state index contributed by atoms with van der Waals surface area (Å²) in [6.45, 7) is 1.75. The van der Waals surface area contributed by atoms with E-state index in [1.807, 2.05) is 37.3 Å². The van der Waals surface area contributed by atoms with Crippen molar-refractivity contribution in [2.45, 2.75) is 19.9 Å². The number of aromatic nitrogens is 2. The van der Waals surface area contributed by atoms with Crippen molar-refractivity contribution in [3.05, 3.63) is 70.6 Å². The molecule has 2 aromatic carbocycles. The number of amides is 2. The highest BCUT2D eigenvalue weighted by atomic mass is 16.2. The quantitative estimate of drug-likeness (QED) is 0.712. The summed E-state index contributed by atoms with van der Waals surface area (Å²) in [5, 5.41) is 2.84. The standard InChI is InChI=1S/C21H22N4O3/c1-3-15-8-4-5-9-16(15)23-19(26)13-24(2)21(28)14-25-18-11-7-6-10-17(18)22-12-20(25)27/h4-12H,3,13-14H2,1-2H3,(H,23,26). The first-order valence-electron chi connectivity index (χ1n) is 9.06. The average Bonchev–Trinajstić information content (AvgIpc) is 2.70. The van der Waals surface area contributed by atoms with Crippen LogP contribution in [0.15, 0.2) is 59.5 Å². The number of fused-ring (bicyclic) bond motifs is 1. The van der Waals surface area contributed by atoms with Gasteiger partial charge in [-0.15, -0.1) is 0 Å². The summed E-state index contributed by atoms with van der Waals surface area (Å²) < 4.78 is 1.37. The van der Waals surface area contributed by atoms with Crippen molar-refractivity contribution in [2.24, 2.45) is 0 Å². The predicted octanol–water partition coefficient (Wildman–Crippen LogP) is 2.06. The van der Waals surface area contributed by atoms with Crippen LogP contribution in [-0.2, 0) is 22.6 Å². The van der Waals surface area contributed by atoms with Crippen LogP contribution in [0, 0.1) is 0 Å². The van der Waals surface area contributed by atoms with Crippen molar-refractivity contribution < 1.29 is 9.59 Å². The van der Waals surface area contributed by atoms with Gasteiger partial charge in [0.05, 0.1) is 23.8 Å². The van der Waals surface area contributed by atoms with Crippen LogP contribution in [0.5, 0.6) is 0 Å². The number of hydrogen-bond acceptors (Lipinski definition) is 4. The second-order valence-corrected chi connectivity index (χ2v) is 6.48. The van der Waals surface area contributed by atoms with Crippen LogP contribution in [0.25, 0.3) is 11.0 Å². The number of anilines is 1. The molecule has 28 heavy (non-hydrogen) atoms. The molecule has 0 bridgehead atoms. The van der Waals surface area contributed by atoms with Gasteiger partial charge in [0.1, 0.15) is 6.54 Å². The summed E-state index contributed by atoms with van der Waals surface area (Å²) in [5.74, 6) is -0.624. The zero-order valence-electron chi connectivity index (χ0n) is 15.9. The molecule has 3 rings (SSSR count).